The van der Waals surface area contributed by atoms with Gasteiger partial charge in [0.2, 0.25) is 0 Å². The summed E-state index contributed by atoms with van der Waals surface area (Å²) in [4.78, 5) is 27.3. The highest BCUT2D eigenvalue weighted by atomic mass is 16.1. The van der Waals surface area contributed by atoms with Crippen molar-refractivity contribution in [3.05, 3.63) is 59.4 Å². The van der Waals surface area contributed by atoms with E-state index in [1.807, 2.05) is 0 Å². The van der Waals surface area contributed by atoms with Crippen LogP contribution in [0.15, 0.2) is 42.6 Å². The maximum Gasteiger partial charge on any atom is 0.257 e. The highest BCUT2D eigenvalue weighted by Crippen LogP contribution is 2.12. The Labute approximate surface area is 111 Å². The van der Waals surface area contributed by atoms with Gasteiger partial charge >= 0.3 is 0 Å². The van der Waals surface area contributed by atoms with E-state index in [9.17, 15) is 9.59 Å². The zero-order chi connectivity index (χ0) is 13.8. The van der Waals surface area contributed by atoms with Crippen molar-refractivity contribution in [3.63, 3.8) is 0 Å². The number of aromatic nitrogens is 1. The number of aryl methyl sites for hydroxylation is 1. The van der Waals surface area contributed by atoms with Crippen LogP contribution in [0.25, 0.3) is 0 Å². The van der Waals surface area contributed by atoms with Crippen molar-refractivity contribution in [2.24, 2.45) is 0 Å². The van der Waals surface area contributed by atoms with Gasteiger partial charge in [-0.15, -0.1) is 0 Å². The molecule has 1 aromatic heterocycles. The molecule has 0 fully saturated rings. The number of amides is 1. The molecule has 96 valence electrons. The first-order chi connectivity index (χ1) is 9.08. The van der Waals surface area contributed by atoms with Crippen LogP contribution >= 0.6 is 0 Å². The van der Waals surface area contributed by atoms with Crippen LogP contribution in [0.5, 0.6) is 0 Å². The Kier molecular flexibility index (Phi) is 3.71. The van der Waals surface area contributed by atoms with E-state index in [2.05, 4.69) is 10.3 Å². The minimum Gasteiger partial charge on any atom is -0.322 e. The largest absolute Gasteiger partial charge is 0.322 e. The van der Waals surface area contributed by atoms with Crippen LogP contribution in [0.1, 0.15) is 33.3 Å². The number of rotatable bonds is 3. The first kappa shape index (κ1) is 13.0. The summed E-state index contributed by atoms with van der Waals surface area (Å²) in [6, 6.07) is 10.2. The summed E-state index contributed by atoms with van der Waals surface area (Å²) in [5.74, 6) is -0.206. The summed E-state index contributed by atoms with van der Waals surface area (Å²) < 4.78 is 0. The predicted molar refractivity (Wildman–Crippen MR) is 73.4 cm³/mol. The van der Waals surface area contributed by atoms with Gasteiger partial charge in [0, 0.05) is 23.1 Å². The van der Waals surface area contributed by atoms with Crippen LogP contribution in [0.2, 0.25) is 0 Å². The minimum absolute atomic E-state index is 0.000908. The number of hydrogen-bond acceptors (Lipinski definition) is 3. The second-order valence-electron chi connectivity index (χ2n) is 4.22. The van der Waals surface area contributed by atoms with Crippen molar-refractivity contribution in [1.29, 1.82) is 0 Å². The van der Waals surface area contributed by atoms with Gasteiger partial charge in [0.15, 0.2) is 5.78 Å². The second kappa shape index (κ2) is 5.44. The highest BCUT2D eigenvalue weighted by Gasteiger charge is 2.09. The minimum atomic E-state index is -0.207. The fourth-order valence-corrected chi connectivity index (χ4v) is 1.71. The highest BCUT2D eigenvalue weighted by molar-refractivity contribution is 6.05. The Balaban J connectivity index is 2.15. The maximum absolute atomic E-state index is 12.0. The first-order valence-electron chi connectivity index (χ1n) is 5.92. The molecule has 4 heteroatoms. The van der Waals surface area contributed by atoms with Crippen molar-refractivity contribution in [3.8, 4) is 0 Å². The molecular formula is C15H14N2O2. The summed E-state index contributed by atoms with van der Waals surface area (Å²) in [6.45, 7) is 3.29. The number of benzene rings is 1. The molecule has 0 saturated heterocycles. The number of pyridine rings is 1. The SMILES string of the molecule is CC(=O)c1ccc(NC(=O)c2cccnc2C)cc1. The lowest BCUT2D eigenvalue weighted by Gasteiger charge is -2.07. The monoisotopic (exact) mass is 254 g/mol. The molecule has 2 aromatic rings. The average Bonchev–Trinajstić information content (AvgIpc) is 2.39. The van der Waals surface area contributed by atoms with E-state index in [1.165, 1.54) is 6.92 Å². The zero-order valence-corrected chi connectivity index (χ0v) is 10.8. The fraction of sp³-hybridized carbons (Fsp3) is 0.133. The third-order valence-electron chi connectivity index (χ3n) is 2.80. The number of nitrogens with one attached hydrogen (secondary N) is 1. The van der Waals surface area contributed by atoms with Crippen LogP contribution in [-0.2, 0) is 0 Å². The molecule has 0 unspecified atom stereocenters. The lowest BCUT2D eigenvalue weighted by Crippen LogP contribution is -2.13. The number of ketones is 1. The molecule has 0 atom stereocenters. The topological polar surface area (TPSA) is 59.1 Å². The Morgan fingerprint density at radius 3 is 2.37 bits per heavy atom. The van der Waals surface area contributed by atoms with Crippen molar-refractivity contribution in [2.75, 3.05) is 5.32 Å². The average molecular weight is 254 g/mol. The molecule has 0 spiro atoms. The van der Waals surface area contributed by atoms with Crippen LogP contribution in [0.3, 0.4) is 0 Å². The Morgan fingerprint density at radius 1 is 1.11 bits per heavy atom. The molecule has 0 bridgehead atoms. The van der Waals surface area contributed by atoms with E-state index in [0.717, 1.165) is 0 Å². The molecule has 0 saturated carbocycles. The Hall–Kier alpha value is -2.49. The van der Waals surface area contributed by atoms with Crippen LogP contribution < -0.4 is 5.32 Å². The number of carbonyl (C=O) groups is 2. The number of Topliss-reactive ketones (excluding diaryl/α,β-unsaturated/α-hetero) is 1. The molecule has 1 N–H and O–H groups in total. The molecule has 1 aromatic carbocycles. The number of carbonyl (C=O) groups excluding carboxylic acids is 2. The molecule has 4 nitrogen and oxygen atoms in total. The van der Waals surface area contributed by atoms with Gasteiger partial charge in [0.1, 0.15) is 0 Å². The summed E-state index contributed by atoms with van der Waals surface area (Å²) in [7, 11) is 0. The van der Waals surface area contributed by atoms with E-state index in [0.29, 0.717) is 22.5 Å². The van der Waals surface area contributed by atoms with Crippen molar-refractivity contribution in [1.82, 2.24) is 4.98 Å². The number of anilines is 1. The molecule has 2 rings (SSSR count). The summed E-state index contributed by atoms with van der Waals surface area (Å²) in [6.07, 6.45) is 1.65. The van der Waals surface area contributed by atoms with Gasteiger partial charge in [-0.25, -0.2) is 0 Å². The van der Waals surface area contributed by atoms with Gasteiger partial charge in [-0.05, 0) is 50.2 Å². The third-order valence-corrected chi connectivity index (χ3v) is 2.80. The van der Waals surface area contributed by atoms with Gasteiger partial charge in [-0.3, -0.25) is 14.6 Å². The normalized spacial score (nSPS) is 10.0. The van der Waals surface area contributed by atoms with Crippen LogP contribution in [0.4, 0.5) is 5.69 Å². The summed E-state index contributed by atoms with van der Waals surface area (Å²) >= 11 is 0. The van der Waals surface area contributed by atoms with Crippen molar-refractivity contribution >= 4 is 17.4 Å². The Bertz CT molecular complexity index is 618. The van der Waals surface area contributed by atoms with E-state index < -0.39 is 0 Å². The fourth-order valence-electron chi connectivity index (χ4n) is 1.71. The number of hydrogen-bond donors (Lipinski definition) is 1. The van der Waals surface area contributed by atoms with E-state index in [4.69, 9.17) is 0 Å². The molecule has 0 aliphatic carbocycles. The van der Waals surface area contributed by atoms with Gasteiger partial charge in [-0.1, -0.05) is 0 Å². The zero-order valence-electron chi connectivity index (χ0n) is 10.8. The summed E-state index contributed by atoms with van der Waals surface area (Å²) in [5.41, 5.74) is 2.49. The lowest BCUT2D eigenvalue weighted by atomic mass is 10.1. The van der Waals surface area contributed by atoms with Crippen LogP contribution in [0, 0.1) is 6.92 Å². The maximum atomic E-state index is 12.0. The molecule has 0 aliphatic heterocycles. The van der Waals surface area contributed by atoms with Crippen LogP contribution in [-0.4, -0.2) is 16.7 Å². The molecule has 19 heavy (non-hydrogen) atoms. The predicted octanol–water partition coefficient (Wildman–Crippen LogP) is 2.84. The van der Waals surface area contributed by atoms with E-state index in [-0.39, 0.29) is 11.7 Å². The molecule has 1 amide bonds. The third kappa shape index (κ3) is 3.04. The quantitative estimate of drug-likeness (QED) is 0.857. The van der Waals surface area contributed by atoms with E-state index in [1.54, 1.807) is 49.5 Å². The van der Waals surface area contributed by atoms with Gasteiger partial charge < -0.3 is 5.32 Å². The number of nitrogens with zero attached hydrogens (tertiary/aromatic N) is 1. The van der Waals surface area contributed by atoms with Crippen molar-refractivity contribution in [2.45, 2.75) is 13.8 Å². The van der Waals surface area contributed by atoms with Crippen molar-refractivity contribution < 1.29 is 9.59 Å². The first-order valence-corrected chi connectivity index (χ1v) is 5.92. The van der Waals surface area contributed by atoms with Gasteiger partial charge in [0.25, 0.3) is 5.91 Å². The van der Waals surface area contributed by atoms with E-state index >= 15 is 0 Å². The molecule has 1 heterocycles. The van der Waals surface area contributed by atoms with Gasteiger partial charge in [-0.2, -0.15) is 0 Å². The molecular weight excluding hydrogens is 240 g/mol. The standard InChI is InChI=1S/C15H14N2O2/c1-10-14(4-3-9-16-10)15(19)17-13-7-5-12(6-8-13)11(2)18/h3-9H,1-2H3,(H,17,19). The summed E-state index contributed by atoms with van der Waals surface area (Å²) in [5, 5.41) is 2.77. The Morgan fingerprint density at radius 2 is 1.79 bits per heavy atom. The van der Waals surface area contributed by atoms with Gasteiger partial charge in [0.05, 0.1) is 5.56 Å². The lowest BCUT2D eigenvalue weighted by molar-refractivity contribution is 0.101. The molecule has 0 aliphatic rings. The second-order valence-corrected chi connectivity index (χ2v) is 4.22. The molecule has 0 radical (unpaired) electrons. The smallest absolute Gasteiger partial charge is 0.257 e.